The number of hydrogen-bond acceptors (Lipinski definition) is 3. The van der Waals surface area contributed by atoms with Gasteiger partial charge in [-0.3, -0.25) is 9.97 Å². The SMILES string of the molecule is CCC(CC)C(Cl)CNc1ccnc2cc(Br)cnc12. The van der Waals surface area contributed by atoms with Gasteiger partial charge in [0.2, 0.25) is 0 Å². The lowest BCUT2D eigenvalue weighted by atomic mass is 9.99. The Morgan fingerprint density at radius 2 is 2.05 bits per heavy atom. The molecule has 108 valence electrons. The zero-order valence-electron chi connectivity index (χ0n) is 11.7. The lowest BCUT2D eigenvalue weighted by Crippen LogP contribution is -2.23. The van der Waals surface area contributed by atoms with Gasteiger partial charge in [-0.05, 0) is 34.0 Å². The van der Waals surface area contributed by atoms with Gasteiger partial charge in [-0.15, -0.1) is 11.6 Å². The number of fused-ring (bicyclic) bond motifs is 1. The van der Waals surface area contributed by atoms with Crippen molar-refractivity contribution in [2.75, 3.05) is 11.9 Å². The predicted molar refractivity (Wildman–Crippen MR) is 89.4 cm³/mol. The first-order valence-electron chi connectivity index (χ1n) is 6.93. The van der Waals surface area contributed by atoms with Gasteiger partial charge in [-0.25, -0.2) is 0 Å². The Labute approximate surface area is 133 Å². The minimum atomic E-state index is 0.128. The largest absolute Gasteiger partial charge is 0.382 e. The zero-order chi connectivity index (χ0) is 14.5. The van der Waals surface area contributed by atoms with Gasteiger partial charge in [-0.2, -0.15) is 0 Å². The van der Waals surface area contributed by atoms with Gasteiger partial charge in [-0.1, -0.05) is 26.7 Å². The van der Waals surface area contributed by atoms with E-state index in [1.54, 1.807) is 12.4 Å². The van der Waals surface area contributed by atoms with Crippen LogP contribution in [0.15, 0.2) is 29.0 Å². The summed E-state index contributed by atoms with van der Waals surface area (Å²) < 4.78 is 0.932. The van der Waals surface area contributed by atoms with Gasteiger partial charge in [0, 0.05) is 23.4 Å². The molecule has 0 saturated heterocycles. The Morgan fingerprint density at radius 1 is 1.30 bits per heavy atom. The number of nitrogens with one attached hydrogen (secondary N) is 1. The van der Waals surface area contributed by atoms with Crippen molar-refractivity contribution in [3.63, 3.8) is 0 Å². The molecule has 0 amide bonds. The van der Waals surface area contributed by atoms with Crippen LogP contribution >= 0.6 is 27.5 Å². The second kappa shape index (κ2) is 7.23. The van der Waals surface area contributed by atoms with Crippen LogP contribution in [-0.4, -0.2) is 21.9 Å². The number of halogens is 2. The maximum Gasteiger partial charge on any atom is 0.112 e. The lowest BCUT2D eigenvalue weighted by molar-refractivity contribution is 0.475. The molecule has 0 radical (unpaired) electrons. The Bertz CT molecular complexity index is 572. The monoisotopic (exact) mass is 355 g/mol. The van der Waals surface area contributed by atoms with Crippen molar-refractivity contribution in [2.45, 2.75) is 32.1 Å². The van der Waals surface area contributed by atoms with Crippen LogP contribution in [-0.2, 0) is 0 Å². The normalized spacial score (nSPS) is 12.8. The molecule has 0 fully saturated rings. The van der Waals surface area contributed by atoms with Crippen molar-refractivity contribution >= 4 is 44.3 Å². The van der Waals surface area contributed by atoms with E-state index in [-0.39, 0.29) is 5.38 Å². The highest BCUT2D eigenvalue weighted by molar-refractivity contribution is 9.10. The van der Waals surface area contributed by atoms with E-state index in [2.05, 4.69) is 45.1 Å². The molecule has 0 aromatic carbocycles. The third kappa shape index (κ3) is 3.61. The van der Waals surface area contributed by atoms with Crippen LogP contribution in [0.5, 0.6) is 0 Å². The van der Waals surface area contributed by atoms with E-state index >= 15 is 0 Å². The number of pyridine rings is 2. The van der Waals surface area contributed by atoms with E-state index in [4.69, 9.17) is 11.6 Å². The fourth-order valence-electron chi connectivity index (χ4n) is 2.32. The van der Waals surface area contributed by atoms with Crippen molar-refractivity contribution in [2.24, 2.45) is 5.92 Å². The van der Waals surface area contributed by atoms with Gasteiger partial charge in [0.05, 0.1) is 16.6 Å². The molecular weight excluding hydrogens is 338 g/mol. The molecule has 2 rings (SSSR count). The number of anilines is 1. The second-order valence-corrected chi connectivity index (χ2v) is 6.33. The molecule has 0 aliphatic rings. The summed E-state index contributed by atoms with van der Waals surface area (Å²) >= 11 is 9.88. The molecule has 1 unspecified atom stereocenters. The molecule has 0 bridgehead atoms. The predicted octanol–water partition coefficient (Wildman–Crippen LogP) is 4.85. The van der Waals surface area contributed by atoms with Gasteiger partial charge < -0.3 is 5.32 Å². The average molecular weight is 357 g/mol. The number of hydrogen-bond donors (Lipinski definition) is 1. The molecule has 1 atom stereocenters. The smallest absolute Gasteiger partial charge is 0.112 e. The first-order valence-corrected chi connectivity index (χ1v) is 8.16. The number of alkyl halides is 1. The second-order valence-electron chi connectivity index (χ2n) is 4.85. The molecule has 0 aliphatic heterocycles. The molecule has 0 saturated carbocycles. The first kappa shape index (κ1) is 15.5. The summed E-state index contributed by atoms with van der Waals surface area (Å²) in [6, 6.07) is 3.91. The third-order valence-corrected chi connectivity index (χ3v) is 4.54. The van der Waals surface area contributed by atoms with Gasteiger partial charge in [0.15, 0.2) is 0 Å². The Kier molecular flexibility index (Phi) is 5.61. The molecule has 3 nitrogen and oxygen atoms in total. The quantitative estimate of drug-likeness (QED) is 0.752. The summed E-state index contributed by atoms with van der Waals surface area (Å²) in [6.07, 6.45) is 5.79. The summed E-state index contributed by atoms with van der Waals surface area (Å²) in [5.74, 6) is 0.541. The number of rotatable bonds is 6. The van der Waals surface area contributed by atoms with E-state index in [0.29, 0.717) is 5.92 Å². The topological polar surface area (TPSA) is 37.8 Å². The summed E-state index contributed by atoms with van der Waals surface area (Å²) in [5, 5.41) is 3.53. The number of nitrogens with zero attached hydrogens (tertiary/aromatic N) is 2. The van der Waals surface area contributed by atoms with Crippen LogP contribution < -0.4 is 5.32 Å². The molecule has 5 heteroatoms. The zero-order valence-corrected chi connectivity index (χ0v) is 14.1. The minimum absolute atomic E-state index is 0.128. The van der Waals surface area contributed by atoms with Crippen molar-refractivity contribution < 1.29 is 0 Å². The summed E-state index contributed by atoms with van der Waals surface area (Å²) in [4.78, 5) is 8.76. The molecule has 2 heterocycles. The number of aromatic nitrogens is 2. The molecular formula is C15H19BrClN3. The molecule has 1 N–H and O–H groups in total. The van der Waals surface area contributed by atoms with Gasteiger partial charge in [0.1, 0.15) is 5.52 Å². The highest BCUT2D eigenvalue weighted by Crippen LogP contribution is 2.24. The van der Waals surface area contributed by atoms with E-state index in [9.17, 15) is 0 Å². The van der Waals surface area contributed by atoms with E-state index in [1.165, 1.54) is 0 Å². The average Bonchev–Trinajstić information content (AvgIpc) is 2.45. The fourth-order valence-corrected chi connectivity index (χ4v) is 3.08. The molecule has 2 aromatic heterocycles. The lowest BCUT2D eigenvalue weighted by Gasteiger charge is -2.20. The summed E-state index contributed by atoms with van der Waals surface area (Å²) in [7, 11) is 0. The Morgan fingerprint density at radius 3 is 2.75 bits per heavy atom. The molecule has 20 heavy (non-hydrogen) atoms. The maximum atomic E-state index is 6.47. The molecule has 2 aromatic rings. The highest BCUT2D eigenvalue weighted by atomic mass is 79.9. The van der Waals surface area contributed by atoms with E-state index in [1.807, 2.05) is 12.1 Å². The first-order chi connectivity index (χ1) is 9.65. The van der Waals surface area contributed by atoms with Crippen molar-refractivity contribution in [3.8, 4) is 0 Å². The minimum Gasteiger partial charge on any atom is -0.382 e. The van der Waals surface area contributed by atoms with Crippen LogP contribution in [0.4, 0.5) is 5.69 Å². The van der Waals surface area contributed by atoms with Crippen LogP contribution in [0, 0.1) is 5.92 Å². The van der Waals surface area contributed by atoms with Gasteiger partial charge >= 0.3 is 0 Å². The standard InChI is InChI=1S/C15H19BrClN3/c1-3-10(4-2)12(17)9-19-13-5-6-18-14-7-11(16)8-20-15(13)14/h5-8,10,12H,3-4,9H2,1-2H3,(H,18,19). The van der Waals surface area contributed by atoms with Crippen LogP contribution in [0.25, 0.3) is 11.0 Å². The van der Waals surface area contributed by atoms with E-state index in [0.717, 1.165) is 40.6 Å². The van der Waals surface area contributed by atoms with Crippen LogP contribution in [0.1, 0.15) is 26.7 Å². The Balaban J connectivity index is 2.14. The molecule has 0 aliphatic carbocycles. The van der Waals surface area contributed by atoms with E-state index < -0.39 is 0 Å². The Hall–Kier alpha value is -0.870. The summed E-state index contributed by atoms with van der Waals surface area (Å²) in [5.41, 5.74) is 2.74. The van der Waals surface area contributed by atoms with Crippen molar-refractivity contribution in [3.05, 3.63) is 29.0 Å². The maximum absolute atomic E-state index is 6.47. The van der Waals surface area contributed by atoms with Gasteiger partial charge in [0.25, 0.3) is 0 Å². The fraction of sp³-hybridized carbons (Fsp3) is 0.467. The van der Waals surface area contributed by atoms with Crippen LogP contribution in [0.2, 0.25) is 0 Å². The van der Waals surface area contributed by atoms with Crippen molar-refractivity contribution in [1.82, 2.24) is 9.97 Å². The molecule has 0 spiro atoms. The van der Waals surface area contributed by atoms with Crippen LogP contribution in [0.3, 0.4) is 0 Å². The summed E-state index contributed by atoms with van der Waals surface area (Å²) in [6.45, 7) is 5.11. The third-order valence-electron chi connectivity index (χ3n) is 3.59. The van der Waals surface area contributed by atoms with Crippen molar-refractivity contribution in [1.29, 1.82) is 0 Å². The highest BCUT2D eigenvalue weighted by Gasteiger charge is 2.15.